The summed E-state index contributed by atoms with van der Waals surface area (Å²) in [7, 11) is 0. The highest BCUT2D eigenvalue weighted by molar-refractivity contribution is 5.96. The molecule has 2 aromatic heterocycles. The van der Waals surface area contributed by atoms with Crippen molar-refractivity contribution >= 4 is 22.8 Å². The fourth-order valence-corrected chi connectivity index (χ4v) is 2.15. The van der Waals surface area contributed by atoms with E-state index in [1.165, 1.54) is 24.5 Å². The van der Waals surface area contributed by atoms with Crippen molar-refractivity contribution in [1.82, 2.24) is 14.5 Å². The Bertz CT molecular complexity index is 1110. The molecule has 0 aliphatic carbocycles. The topological polar surface area (TPSA) is 79.8 Å². The van der Waals surface area contributed by atoms with Crippen LogP contribution in [0.15, 0.2) is 41.5 Å². The number of carbonyl (C=O) groups excluding carboxylic acids is 1. The predicted molar refractivity (Wildman–Crippen MR) is 97.1 cm³/mol. The number of aromatic nitrogens is 3. The molecule has 2 N–H and O–H groups in total. The van der Waals surface area contributed by atoms with E-state index in [0.29, 0.717) is 22.4 Å². The van der Waals surface area contributed by atoms with Crippen molar-refractivity contribution < 1.29 is 9.18 Å². The average Bonchev–Trinajstić information content (AvgIpc) is 2.97. The van der Waals surface area contributed by atoms with Gasteiger partial charge < -0.3 is 10.3 Å². The van der Waals surface area contributed by atoms with Crippen LogP contribution in [-0.4, -0.2) is 20.4 Å². The van der Waals surface area contributed by atoms with Gasteiger partial charge in [0.2, 0.25) is 5.91 Å². The van der Waals surface area contributed by atoms with Crippen LogP contribution in [0, 0.1) is 23.2 Å². The summed E-state index contributed by atoms with van der Waals surface area (Å²) >= 11 is 0. The molecule has 1 amide bonds. The Balaban J connectivity index is 1.94. The Morgan fingerprint density at radius 1 is 1.31 bits per heavy atom. The number of benzene rings is 1. The summed E-state index contributed by atoms with van der Waals surface area (Å²) in [5.41, 5.74) is -0.153. The molecule has 132 valence electrons. The first kappa shape index (κ1) is 17.4. The lowest BCUT2D eigenvalue weighted by atomic mass is 9.96. The maximum absolute atomic E-state index is 13.2. The highest BCUT2D eigenvalue weighted by atomic mass is 19.1. The third-order valence-electron chi connectivity index (χ3n) is 3.62. The molecule has 0 unspecified atom stereocenters. The molecule has 7 heteroatoms. The number of halogens is 1. The van der Waals surface area contributed by atoms with Crippen molar-refractivity contribution in [2.45, 2.75) is 20.8 Å². The second-order valence-electron chi connectivity index (χ2n) is 6.82. The number of rotatable bonds is 1. The minimum absolute atomic E-state index is 0.185. The van der Waals surface area contributed by atoms with Gasteiger partial charge in [0.25, 0.3) is 5.56 Å². The molecule has 0 radical (unpaired) electrons. The molecule has 26 heavy (non-hydrogen) atoms. The van der Waals surface area contributed by atoms with E-state index >= 15 is 0 Å². The maximum atomic E-state index is 13.2. The zero-order valence-corrected chi connectivity index (χ0v) is 14.6. The van der Waals surface area contributed by atoms with Crippen LogP contribution < -0.4 is 10.9 Å². The SMILES string of the molecule is CC(C)(C)C(=O)Nc1cc2c(=O)n(C#Cc3cccc(F)c3)cnc2[nH]1. The van der Waals surface area contributed by atoms with Crippen LogP contribution in [0.2, 0.25) is 0 Å². The zero-order valence-electron chi connectivity index (χ0n) is 14.6. The van der Waals surface area contributed by atoms with Crippen LogP contribution >= 0.6 is 0 Å². The van der Waals surface area contributed by atoms with Gasteiger partial charge in [0.05, 0.1) is 5.39 Å². The first-order valence-electron chi connectivity index (χ1n) is 7.93. The molecule has 1 aromatic carbocycles. The first-order chi connectivity index (χ1) is 12.2. The number of anilines is 1. The summed E-state index contributed by atoms with van der Waals surface area (Å²) in [5.74, 6) is 2.52. The van der Waals surface area contributed by atoms with Crippen molar-refractivity contribution in [2.75, 3.05) is 5.32 Å². The summed E-state index contributed by atoms with van der Waals surface area (Å²) in [5, 5.41) is 3.02. The van der Waals surface area contributed by atoms with Gasteiger partial charge in [0.1, 0.15) is 23.6 Å². The lowest BCUT2D eigenvalue weighted by Gasteiger charge is -2.16. The summed E-state index contributed by atoms with van der Waals surface area (Å²) in [6, 6.07) is 9.95. The molecule has 3 rings (SSSR count). The third kappa shape index (κ3) is 3.64. The van der Waals surface area contributed by atoms with Gasteiger partial charge in [0, 0.05) is 17.0 Å². The van der Waals surface area contributed by atoms with Gasteiger partial charge in [-0.2, -0.15) is 0 Å². The minimum Gasteiger partial charge on any atom is -0.326 e. The first-order valence-corrected chi connectivity index (χ1v) is 7.93. The van der Waals surface area contributed by atoms with Crippen molar-refractivity contribution in [2.24, 2.45) is 5.41 Å². The zero-order chi connectivity index (χ0) is 18.9. The Kier molecular flexibility index (Phi) is 4.34. The Labute approximate surface area is 149 Å². The Morgan fingerprint density at radius 2 is 2.08 bits per heavy atom. The molecular formula is C19H17FN4O2. The van der Waals surface area contributed by atoms with Gasteiger partial charge in [-0.1, -0.05) is 26.8 Å². The van der Waals surface area contributed by atoms with Crippen LogP contribution in [0.5, 0.6) is 0 Å². The monoisotopic (exact) mass is 352 g/mol. The second-order valence-corrected chi connectivity index (χ2v) is 6.82. The summed E-state index contributed by atoms with van der Waals surface area (Å²) in [4.78, 5) is 31.6. The van der Waals surface area contributed by atoms with Crippen LogP contribution in [0.4, 0.5) is 10.2 Å². The largest absolute Gasteiger partial charge is 0.326 e. The Morgan fingerprint density at radius 3 is 2.77 bits per heavy atom. The molecular weight excluding hydrogens is 335 g/mol. The van der Waals surface area contributed by atoms with Crippen LogP contribution in [0.1, 0.15) is 26.3 Å². The number of fused-ring (bicyclic) bond motifs is 1. The van der Waals surface area contributed by atoms with Gasteiger partial charge in [-0.05, 0) is 30.2 Å². The number of nitrogens with one attached hydrogen (secondary N) is 2. The average molecular weight is 352 g/mol. The fourth-order valence-electron chi connectivity index (χ4n) is 2.15. The Hall–Kier alpha value is -3.40. The number of aromatic amines is 1. The lowest BCUT2D eigenvalue weighted by Crippen LogP contribution is -2.27. The van der Waals surface area contributed by atoms with Crippen molar-refractivity contribution in [3.05, 3.63) is 58.4 Å². The quantitative estimate of drug-likeness (QED) is 0.661. The molecule has 0 spiro atoms. The smallest absolute Gasteiger partial charge is 0.274 e. The molecule has 0 aliphatic heterocycles. The normalized spacial score (nSPS) is 11.1. The maximum Gasteiger partial charge on any atom is 0.274 e. The summed E-state index contributed by atoms with van der Waals surface area (Å²) in [6.45, 7) is 5.37. The number of H-pyrrole nitrogens is 1. The number of hydrogen-bond acceptors (Lipinski definition) is 3. The van der Waals surface area contributed by atoms with Gasteiger partial charge in [0.15, 0.2) is 0 Å². The molecule has 3 aromatic rings. The highest BCUT2D eigenvalue weighted by Gasteiger charge is 2.22. The minimum atomic E-state index is -0.568. The standard InChI is InChI=1S/C19H17FN4O2/c1-19(2,3)18(26)23-15-10-14-16(22-15)21-11-24(17(14)25)8-7-12-5-4-6-13(20)9-12/h4-6,9-11,22H,1-3H3,(H,23,26). The van der Waals surface area contributed by atoms with E-state index in [0.717, 1.165) is 4.57 Å². The van der Waals surface area contributed by atoms with E-state index in [1.54, 1.807) is 32.9 Å². The predicted octanol–water partition coefficient (Wildman–Crippen LogP) is 2.71. The van der Waals surface area contributed by atoms with E-state index in [2.05, 4.69) is 27.2 Å². The van der Waals surface area contributed by atoms with E-state index in [9.17, 15) is 14.0 Å². The number of nitrogens with zero attached hydrogens (tertiary/aromatic N) is 2. The summed E-state index contributed by atoms with van der Waals surface area (Å²) < 4.78 is 14.3. The van der Waals surface area contributed by atoms with Gasteiger partial charge in [-0.25, -0.2) is 13.9 Å². The van der Waals surface area contributed by atoms with E-state index in [4.69, 9.17) is 0 Å². The van der Waals surface area contributed by atoms with Crippen LogP contribution in [0.3, 0.4) is 0 Å². The van der Waals surface area contributed by atoms with Gasteiger partial charge in [-0.15, -0.1) is 0 Å². The van der Waals surface area contributed by atoms with Crippen LogP contribution in [-0.2, 0) is 4.79 Å². The molecule has 2 heterocycles. The van der Waals surface area contributed by atoms with Gasteiger partial charge >= 0.3 is 0 Å². The molecule has 0 saturated heterocycles. The molecule has 6 nitrogen and oxygen atoms in total. The van der Waals surface area contributed by atoms with Crippen molar-refractivity contribution in [3.63, 3.8) is 0 Å². The molecule has 0 saturated carbocycles. The second kappa shape index (κ2) is 6.48. The van der Waals surface area contributed by atoms with E-state index in [-0.39, 0.29) is 11.5 Å². The molecule has 0 atom stereocenters. The molecule has 0 aliphatic rings. The third-order valence-corrected chi connectivity index (χ3v) is 3.62. The van der Waals surface area contributed by atoms with Crippen molar-refractivity contribution in [3.8, 4) is 12.0 Å². The lowest BCUT2D eigenvalue weighted by molar-refractivity contribution is -0.123. The van der Waals surface area contributed by atoms with Gasteiger partial charge in [-0.3, -0.25) is 9.59 Å². The van der Waals surface area contributed by atoms with E-state index in [1.807, 2.05) is 0 Å². The fraction of sp³-hybridized carbons (Fsp3) is 0.211. The highest BCUT2D eigenvalue weighted by Crippen LogP contribution is 2.18. The van der Waals surface area contributed by atoms with Crippen molar-refractivity contribution in [1.29, 1.82) is 0 Å². The molecule has 0 bridgehead atoms. The number of amides is 1. The van der Waals surface area contributed by atoms with E-state index < -0.39 is 11.2 Å². The number of carbonyl (C=O) groups is 1. The molecule has 0 fully saturated rings. The summed E-state index contributed by atoms with van der Waals surface area (Å²) in [6.07, 6.45) is 1.28. The van der Waals surface area contributed by atoms with Crippen LogP contribution in [0.25, 0.3) is 11.0 Å². The number of hydrogen-bond donors (Lipinski definition) is 2.